The molecule has 1 aromatic heterocycles. The second-order valence-electron chi connectivity index (χ2n) is 3.83. The molecule has 1 fully saturated rings. The Bertz CT molecular complexity index is 487. The van der Waals surface area contributed by atoms with Gasteiger partial charge in [0.1, 0.15) is 11.4 Å². The van der Waals surface area contributed by atoms with Gasteiger partial charge in [0.2, 0.25) is 5.82 Å². The second kappa shape index (κ2) is 5.00. The van der Waals surface area contributed by atoms with Gasteiger partial charge < -0.3 is 14.7 Å². The lowest BCUT2D eigenvalue weighted by molar-refractivity contribution is -0.144. The highest BCUT2D eigenvalue weighted by atomic mass is 19.4. The predicted octanol–water partition coefficient (Wildman–Crippen LogP) is 1.03. The quantitative estimate of drug-likeness (QED) is 0.870. The summed E-state index contributed by atoms with van der Waals surface area (Å²) in [5.74, 6) is -2.94. The third-order valence-electron chi connectivity index (χ3n) is 2.56. The lowest BCUT2D eigenvalue weighted by Crippen LogP contribution is -2.38. The fourth-order valence-electron chi connectivity index (χ4n) is 1.68. The highest BCUT2D eigenvalue weighted by molar-refractivity contribution is 5.93. The van der Waals surface area contributed by atoms with E-state index in [9.17, 15) is 18.0 Å². The molecule has 1 aliphatic rings. The van der Waals surface area contributed by atoms with Crippen LogP contribution < -0.4 is 4.90 Å². The predicted molar refractivity (Wildman–Crippen MR) is 57.0 cm³/mol. The molecule has 1 aromatic rings. The van der Waals surface area contributed by atoms with Gasteiger partial charge in [-0.15, -0.1) is 0 Å². The highest BCUT2D eigenvalue weighted by Gasteiger charge is 2.36. The molecule has 0 saturated carbocycles. The summed E-state index contributed by atoms with van der Waals surface area (Å²) in [4.78, 5) is 18.8. The van der Waals surface area contributed by atoms with Crippen molar-refractivity contribution >= 4 is 11.8 Å². The number of ether oxygens (including phenoxy) is 1. The summed E-state index contributed by atoms with van der Waals surface area (Å²) in [6, 6.07) is 0. The number of carboxylic acids is 1. The molecule has 0 spiro atoms. The van der Waals surface area contributed by atoms with Gasteiger partial charge in [-0.2, -0.15) is 13.2 Å². The third kappa shape index (κ3) is 2.92. The van der Waals surface area contributed by atoms with Crippen molar-refractivity contribution in [2.45, 2.75) is 6.18 Å². The molecule has 6 nitrogen and oxygen atoms in total. The Morgan fingerprint density at radius 1 is 1.37 bits per heavy atom. The summed E-state index contributed by atoms with van der Waals surface area (Å²) < 4.78 is 42.7. The van der Waals surface area contributed by atoms with Crippen molar-refractivity contribution in [3.8, 4) is 0 Å². The number of carboxylic acid groups (broad SMARTS) is 1. The Morgan fingerprint density at radius 2 is 2.00 bits per heavy atom. The maximum Gasteiger partial charge on any atom is 0.451 e. The third-order valence-corrected chi connectivity index (χ3v) is 2.56. The van der Waals surface area contributed by atoms with Gasteiger partial charge in [0.25, 0.3) is 0 Å². The zero-order valence-corrected chi connectivity index (χ0v) is 9.65. The van der Waals surface area contributed by atoms with E-state index < -0.39 is 18.0 Å². The van der Waals surface area contributed by atoms with Crippen LogP contribution in [-0.2, 0) is 10.9 Å². The molecule has 2 heterocycles. The minimum atomic E-state index is -4.71. The lowest BCUT2D eigenvalue weighted by atomic mass is 10.2. The fraction of sp³-hybridized carbons (Fsp3) is 0.500. The van der Waals surface area contributed by atoms with E-state index in [-0.39, 0.29) is 24.5 Å². The molecule has 104 valence electrons. The zero-order chi connectivity index (χ0) is 14.0. The van der Waals surface area contributed by atoms with Crippen molar-refractivity contribution in [3.05, 3.63) is 17.6 Å². The van der Waals surface area contributed by atoms with Crippen molar-refractivity contribution in [2.75, 3.05) is 31.2 Å². The topological polar surface area (TPSA) is 75.5 Å². The average Bonchev–Trinajstić information content (AvgIpc) is 2.38. The van der Waals surface area contributed by atoms with Crippen LogP contribution in [0.3, 0.4) is 0 Å². The van der Waals surface area contributed by atoms with Crippen LogP contribution >= 0.6 is 0 Å². The lowest BCUT2D eigenvalue weighted by Gasteiger charge is -2.28. The van der Waals surface area contributed by atoms with Crippen molar-refractivity contribution in [3.63, 3.8) is 0 Å². The molecule has 0 atom stereocenters. The Labute approximate surface area is 105 Å². The molecule has 2 rings (SSSR count). The maximum atomic E-state index is 12.6. The summed E-state index contributed by atoms with van der Waals surface area (Å²) in [5.41, 5.74) is -0.352. The Hall–Kier alpha value is -1.90. The van der Waals surface area contributed by atoms with Gasteiger partial charge >= 0.3 is 12.1 Å². The molecular formula is C10H10F3N3O3. The SMILES string of the molecule is O=C(O)c1cnc(C(F)(F)F)nc1N1CCOCC1. The second-order valence-corrected chi connectivity index (χ2v) is 3.83. The van der Waals surface area contributed by atoms with E-state index in [2.05, 4.69) is 9.97 Å². The molecule has 0 aliphatic carbocycles. The molecule has 0 aromatic carbocycles. The summed E-state index contributed by atoms with van der Waals surface area (Å²) >= 11 is 0. The molecule has 0 radical (unpaired) electrons. The van der Waals surface area contributed by atoms with E-state index in [0.717, 1.165) is 0 Å². The van der Waals surface area contributed by atoms with E-state index in [4.69, 9.17) is 9.84 Å². The number of nitrogens with zero attached hydrogens (tertiary/aromatic N) is 3. The van der Waals surface area contributed by atoms with E-state index in [1.807, 2.05) is 0 Å². The molecule has 1 N–H and O–H groups in total. The van der Waals surface area contributed by atoms with Crippen LogP contribution in [0.1, 0.15) is 16.2 Å². The highest BCUT2D eigenvalue weighted by Crippen LogP contribution is 2.29. The number of hydrogen-bond donors (Lipinski definition) is 1. The number of carbonyl (C=O) groups is 1. The van der Waals surface area contributed by atoms with Gasteiger partial charge in [0.15, 0.2) is 0 Å². The van der Waals surface area contributed by atoms with Crippen LogP contribution in [0, 0.1) is 0 Å². The van der Waals surface area contributed by atoms with Crippen LogP contribution in [0.15, 0.2) is 6.20 Å². The number of rotatable bonds is 2. The molecule has 0 bridgehead atoms. The van der Waals surface area contributed by atoms with Gasteiger partial charge in [-0.05, 0) is 0 Å². The van der Waals surface area contributed by atoms with Gasteiger partial charge in [-0.25, -0.2) is 14.8 Å². The summed E-state index contributed by atoms with van der Waals surface area (Å²) in [5, 5.41) is 8.97. The van der Waals surface area contributed by atoms with Crippen LogP contribution in [0.2, 0.25) is 0 Å². The normalized spacial score (nSPS) is 16.5. The maximum absolute atomic E-state index is 12.6. The monoisotopic (exact) mass is 277 g/mol. The van der Waals surface area contributed by atoms with E-state index in [1.165, 1.54) is 4.90 Å². The van der Waals surface area contributed by atoms with Gasteiger partial charge in [0, 0.05) is 19.3 Å². The number of morpholine rings is 1. The number of hydrogen-bond acceptors (Lipinski definition) is 5. The molecule has 1 saturated heterocycles. The minimum Gasteiger partial charge on any atom is -0.477 e. The van der Waals surface area contributed by atoms with E-state index >= 15 is 0 Å². The molecular weight excluding hydrogens is 267 g/mol. The number of alkyl halides is 3. The summed E-state index contributed by atoms with van der Waals surface area (Å²) in [6.45, 7) is 1.19. The van der Waals surface area contributed by atoms with Crippen LogP contribution in [-0.4, -0.2) is 47.3 Å². The van der Waals surface area contributed by atoms with Gasteiger partial charge in [0.05, 0.1) is 13.2 Å². The Morgan fingerprint density at radius 3 is 2.53 bits per heavy atom. The van der Waals surface area contributed by atoms with Crippen molar-refractivity contribution < 1.29 is 27.8 Å². The van der Waals surface area contributed by atoms with E-state index in [1.54, 1.807) is 0 Å². The van der Waals surface area contributed by atoms with Gasteiger partial charge in [-0.3, -0.25) is 0 Å². The van der Waals surface area contributed by atoms with Crippen molar-refractivity contribution in [1.82, 2.24) is 9.97 Å². The van der Waals surface area contributed by atoms with Crippen LogP contribution in [0.25, 0.3) is 0 Å². The Balaban J connectivity index is 2.44. The minimum absolute atomic E-state index is 0.224. The number of aromatic carboxylic acids is 1. The molecule has 1 aliphatic heterocycles. The first-order valence-electron chi connectivity index (χ1n) is 5.40. The number of anilines is 1. The van der Waals surface area contributed by atoms with E-state index in [0.29, 0.717) is 19.4 Å². The molecule has 0 unspecified atom stereocenters. The number of halogens is 3. The Kier molecular flexibility index (Phi) is 3.56. The molecule has 0 amide bonds. The zero-order valence-electron chi connectivity index (χ0n) is 9.65. The first kappa shape index (κ1) is 13.5. The molecule has 9 heteroatoms. The fourth-order valence-corrected chi connectivity index (χ4v) is 1.68. The largest absolute Gasteiger partial charge is 0.477 e. The first-order chi connectivity index (χ1) is 8.89. The van der Waals surface area contributed by atoms with Crippen molar-refractivity contribution in [1.29, 1.82) is 0 Å². The van der Waals surface area contributed by atoms with Crippen LogP contribution in [0.5, 0.6) is 0 Å². The number of aromatic nitrogens is 2. The van der Waals surface area contributed by atoms with Gasteiger partial charge in [-0.1, -0.05) is 0 Å². The average molecular weight is 277 g/mol. The standard InChI is InChI=1S/C10H10F3N3O3/c11-10(12,13)9-14-5-6(8(17)18)7(15-9)16-1-3-19-4-2-16/h5H,1-4H2,(H,17,18). The summed E-state index contributed by atoms with van der Waals surface area (Å²) in [7, 11) is 0. The van der Waals surface area contributed by atoms with Crippen molar-refractivity contribution in [2.24, 2.45) is 0 Å². The summed E-state index contributed by atoms with van der Waals surface area (Å²) in [6.07, 6.45) is -4.03. The smallest absolute Gasteiger partial charge is 0.451 e. The molecule has 19 heavy (non-hydrogen) atoms. The first-order valence-corrected chi connectivity index (χ1v) is 5.40. The van der Waals surface area contributed by atoms with Crippen LogP contribution in [0.4, 0.5) is 19.0 Å².